The summed E-state index contributed by atoms with van der Waals surface area (Å²) in [5.41, 5.74) is 1.77. The van der Waals surface area contributed by atoms with E-state index >= 15 is 0 Å². The summed E-state index contributed by atoms with van der Waals surface area (Å²) in [5, 5.41) is 0. The van der Waals surface area contributed by atoms with E-state index < -0.39 is 11.7 Å². The Morgan fingerprint density at radius 3 is 2.42 bits per heavy atom. The molecule has 0 unspecified atom stereocenters. The predicted octanol–water partition coefficient (Wildman–Crippen LogP) is 4.44. The Kier molecular flexibility index (Phi) is 6.23. The smallest absolute Gasteiger partial charge is 0.369 e. The Morgan fingerprint density at radius 1 is 0.968 bits per heavy atom. The second kappa shape index (κ2) is 8.91. The molecule has 0 spiro atoms. The molecule has 2 aliphatic heterocycles. The van der Waals surface area contributed by atoms with E-state index in [2.05, 4.69) is 4.90 Å². The van der Waals surface area contributed by atoms with E-state index in [0.29, 0.717) is 31.4 Å². The summed E-state index contributed by atoms with van der Waals surface area (Å²) >= 11 is 0. The average Bonchev–Trinajstić information content (AvgIpc) is 2.79. The molecule has 2 fully saturated rings. The van der Waals surface area contributed by atoms with Crippen LogP contribution in [0.4, 0.5) is 18.9 Å². The number of rotatable bonds is 3. The maximum Gasteiger partial charge on any atom is 0.416 e. The fourth-order valence-electron chi connectivity index (χ4n) is 4.64. The summed E-state index contributed by atoms with van der Waals surface area (Å²) in [6.45, 7) is 6.37. The molecule has 2 saturated heterocycles. The number of likely N-dealkylation sites (tertiary alicyclic amines) is 1. The zero-order valence-corrected chi connectivity index (χ0v) is 17.7. The average molecular weight is 432 g/mol. The highest BCUT2D eigenvalue weighted by molar-refractivity contribution is 5.95. The number of piperidine rings is 1. The molecule has 0 saturated carbocycles. The Balaban J connectivity index is 1.37. The zero-order valence-electron chi connectivity index (χ0n) is 17.7. The first-order valence-electron chi connectivity index (χ1n) is 10.8. The number of nitrogens with zero attached hydrogens (tertiary/aromatic N) is 3. The minimum absolute atomic E-state index is 0.0883. The lowest BCUT2D eigenvalue weighted by Gasteiger charge is -2.44. The molecule has 2 aromatic carbocycles. The van der Waals surface area contributed by atoms with Crippen molar-refractivity contribution in [3.8, 4) is 0 Å². The van der Waals surface area contributed by atoms with Crippen LogP contribution in [0.2, 0.25) is 0 Å². The number of amides is 1. The van der Waals surface area contributed by atoms with Gasteiger partial charge in [-0.05, 0) is 49.6 Å². The third kappa shape index (κ3) is 4.87. The molecule has 0 radical (unpaired) electrons. The Morgan fingerprint density at radius 2 is 1.71 bits per heavy atom. The van der Waals surface area contributed by atoms with E-state index in [1.807, 2.05) is 41.0 Å². The molecular weight excluding hydrogens is 403 g/mol. The fourth-order valence-corrected chi connectivity index (χ4v) is 4.64. The van der Waals surface area contributed by atoms with E-state index in [1.165, 1.54) is 12.1 Å². The van der Waals surface area contributed by atoms with Crippen LogP contribution >= 0.6 is 0 Å². The van der Waals surface area contributed by atoms with Crippen molar-refractivity contribution >= 4 is 11.6 Å². The molecule has 0 N–H and O–H groups in total. The normalized spacial score (nSPS) is 20.7. The number of hydrogen-bond donors (Lipinski definition) is 0. The predicted molar refractivity (Wildman–Crippen MR) is 115 cm³/mol. The molecule has 166 valence electrons. The molecule has 1 atom stereocenters. The Labute approximate surface area is 181 Å². The van der Waals surface area contributed by atoms with Gasteiger partial charge in [-0.15, -0.1) is 0 Å². The van der Waals surface area contributed by atoms with Gasteiger partial charge in [-0.3, -0.25) is 9.69 Å². The number of benzene rings is 2. The summed E-state index contributed by atoms with van der Waals surface area (Å²) in [4.78, 5) is 19.4. The minimum Gasteiger partial charge on any atom is -0.369 e. The third-order valence-electron chi connectivity index (χ3n) is 6.43. The summed E-state index contributed by atoms with van der Waals surface area (Å²) in [6, 6.07) is 13.5. The van der Waals surface area contributed by atoms with Crippen molar-refractivity contribution < 1.29 is 18.0 Å². The number of carbonyl (C=O) groups is 1. The molecule has 2 aliphatic rings. The van der Waals surface area contributed by atoms with Gasteiger partial charge in [-0.1, -0.05) is 24.3 Å². The molecule has 2 aromatic rings. The maximum atomic E-state index is 13.0. The van der Waals surface area contributed by atoms with Crippen LogP contribution in [0.3, 0.4) is 0 Å². The zero-order chi connectivity index (χ0) is 22.0. The SMILES string of the molecule is Cc1ccccc1C(=O)N1CCC[C@H](N2CCN(c3cccc(C(F)(F)F)c3)CC2)C1. The van der Waals surface area contributed by atoms with Crippen LogP contribution in [0.15, 0.2) is 48.5 Å². The van der Waals surface area contributed by atoms with Crippen molar-refractivity contribution in [2.45, 2.75) is 32.0 Å². The van der Waals surface area contributed by atoms with Crippen molar-refractivity contribution in [2.75, 3.05) is 44.2 Å². The number of piperazine rings is 1. The van der Waals surface area contributed by atoms with Crippen molar-refractivity contribution in [3.63, 3.8) is 0 Å². The topological polar surface area (TPSA) is 26.8 Å². The molecule has 4 nitrogen and oxygen atoms in total. The molecule has 4 rings (SSSR count). The van der Waals surface area contributed by atoms with Gasteiger partial charge < -0.3 is 9.80 Å². The molecule has 0 bridgehead atoms. The molecule has 1 amide bonds. The number of halogens is 3. The number of anilines is 1. The van der Waals surface area contributed by atoms with Crippen LogP contribution in [0.25, 0.3) is 0 Å². The number of carbonyl (C=O) groups excluding carboxylic acids is 1. The van der Waals surface area contributed by atoms with Gasteiger partial charge >= 0.3 is 6.18 Å². The van der Waals surface area contributed by atoms with E-state index in [0.717, 1.165) is 49.7 Å². The van der Waals surface area contributed by atoms with Crippen LogP contribution in [-0.4, -0.2) is 61.0 Å². The first kappa shape index (κ1) is 21.7. The largest absolute Gasteiger partial charge is 0.416 e. The Hall–Kier alpha value is -2.54. The second-order valence-electron chi connectivity index (χ2n) is 8.43. The first-order chi connectivity index (χ1) is 14.8. The Bertz CT molecular complexity index is 922. The molecular formula is C24H28F3N3O. The van der Waals surface area contributed by atoms with Gasteiger partial charge in [0.1, 0.15) is 0 Å². The fraction of sp³-hybridized carbons (Fsp3) is 0.458. The van der Waals surface area contributed by atoms with Crippen molar-refractivity contribution in [1.82, 2.24) is 9.80 Å². The van der Waals surface area contributed by atoms with Crippen LogP contribution in [0.1, 0.15) is 34.3 Å². The summed E-state index contributed by atoms with van der Waals surface area (Å²) in [6.07, 6.45) is -2.32. The lowest BCUT2D eigenvalue weighted by atomic mass is 10.0. The lowest BCUT2D eigenvalue weighted by molar-refractivity contribution is -0.137. The number of hydrogen-bond acceptors (Lipinski definition) is 3. The lowest BCUT2D eigenvalue weighted by Crippen LogP contribution is -2.56. The standard InChI is InChI=1S/C24H28F3N3O/c1-18-6-2-3-10-22(18)23(31)30-11-5-9-21(17-30)29-14-12-28(13-15-29)20-8-4-7-19(16-20)24(25,26)27/h2-4,6-8,10,16,21H,5,9,11-15,17H2,1H3/t21-/m0/s1. The van der Waals surface area contributed by atoms with Gasteiger partial charge in [0.05, 0.1) is 5.56 Å². The van der Waals surface area contributed by atoms with Crippen LogP contribution in [0.5, 0.6) is 0 Å². The van der Waals surface area contributed by atoms with Gasteiger partial charge in [-0.2, -0.15) is 13.2 Å². The highest BCUT2D eigenvalue weighted by Crippen LogP contribution is 2.32. The highest BCUT2D eigenvalue weighted by atomic mass is 19.4. The maximum absolute atomic E-state index is 13.0. The molecule has 31 heavy (non-hydrogen) atoms. The molecule has 7 heteroatoms. The van der Waals surface area contributed by atoms with E-state index in [4.69, 9.17) is 0 Å². The molecule has 0 aromatic heterocycles. The van der Waals surface area contributed by atoms with Gasteiger partial charge in [0, 0.05) is 56.6 Å². The van der Waals surface area contributed by atoms with Crippen molar-refractivity contribution in [1.29, 1.82) is 0 Å². The van der Waals surface area contributed by atoms with Crippen molar-refractivity contribution in [3.05, 3.63) is 65.2 Å². The third-order valence-corrected chi connectivity index (χ3v) is 6.43. The monoisotopic (exact) mass is 431 g/mol. The number of aryl methyl sites for hydroxylation is 1. The van der Waals surface area contributed by atoms with E-state index in [1.54, 1.807) is 6.07 Å². The summed E-state index contributed by atoms with van der Waals surface area (Å²) < 4.78 is 39.1. The molecule has 0 aliphatic carbocycles. The van der Waals surface area contributed by atoms with Crippen LogP contribution in [-0.2, 0) is 6.18 Å². The quantitative estimate of drug-likeness (QED) is 0.719. The number of alkyl halides is 3. The molecule has 2 heterocycles. The van der Waals surface area contributed by atoms with Crippen LogP contribution in [0, 0.1) is 6.92 Å². The van der Waals surface area contributed by atoms with Gasteiger partial charge in [0.15, 0.2) is 0 Å². The van der Waals surface area contributed by atoms with E-state index in [-0.39, 0.29) is 5.91 Å². The van der Waals surface area contributed by atoms with Crippen LogP contribution < -0.4 is 4.90 Å². The summed E-state index contributed by atoms with van der Waals surface area (Å²) in [5.74, 6) is 0.0883. The van der Waals surface area contributed by atoms with Crippen molar-refractivity contribution in [2.24, 2.45) is 0 Å². The van der Waals surface area contributed by atoms with Gasteiger partial charge in [-0.25, -0.2) is 0 Å². The van der Waals surface area contributed by atoms with E-state index in [9.17, 15) is 18.0 Å². The van der Waals surface area contributed by atoms with Gasteiger partial charge in [0.25, 0.3) is 5.91 Å². The summed E-state index contributed by atoms with van der Waals surface area (Å²) in [7, 11) is 0. The highest BCUT2D eigenvalue weighted by Gasteiger charge is 2.33. The second-order valence-corrected chi connectivity index (χ2v) is 8.43. The first-order valence-corrected chi connectivity index (χ1v) is 10.8. The minimum atomic E-state index is -4.33. The van der Waals surface area contributed by atoms with Gasteiger partial charge in [0.2, 0.25) is 0 Å².